The summed E-state index contributed by atoms with van der Waals surface area (Å²) in [7, 11) is 0. The highest BCUT2D eigenvalue weighted by molar-refractivity contribution is 7.13. The Kier molecular flexibility index (Phi) is 4.16. The second-order valence-electron chi connectivity index (χ2n) is 7.07. The van der Waals surface area contributed by atoms with Gasteiger partial charge in [-0.25, -0.2) is 9.67 Å². The van der Waals surface area contributed by atoms with Crippen LogP contribution in [0.3, 0.4) is 0 Å². The Morgan fingerprint density at radius 1 is 1.07 bits per heavy atom. The molecule has 1 amide bonds. The monoisotopic (exact) mass is 379 g/mol. The van der Waals surface area contributed by atoms with Crippen molar-refractivity contribution in [1.82, 2.24) is 19.7 Å². The maximum absolute atomic E-state index is 13.3. The van der Waals surface area contributed by atoms with E-state index >= 15 is 0 Å². The highest BCUT2D eigenvalue weighted by Gasteiger charge is 2.31. The number of anilines is 1. The number of thiazole rings is 1. The van der Waals surface area contributed by atoms with Crippen molar-refractivity contribution in [2.45, 2.75) is 18.8 Å². The lowest BCUT2D eigenvalue weighted by atomic mass is 10.2. The molecular formula is C20H21N5OS. The molecule has 1 aromatic carbocycles. The van der Waals surface area contributed by atoms with Crippen LogP contribution in [-0.2, 0) is 0 Å². The third-order valence-corrected chi connectivity index (χ3v) is 6.03. The molecule has 1 aliphatic carbocycles. The number of amides is 1. The molecule has 3 aromatic rings. The van der Waals surface area contributed by atoms with Crippen LogP contribution in [0.4, 0.5) is 5.13 Å². The van der Waals surface area contributed by atoms with E-state index in [2.05, 4.69) is 9.88 Å². The average Bonchev–Trinajstić information content (AvgIpc) is 3.25. The summed E-state index contributed by atoms with van der Waals surface area (Å²) >= 11 is 1.65. The molecule has 0 atom stereocenters. The predicted octanol–water partition coefficient (Wildman–Crippen LogP) is 3.17. The lowest BCUT2D eigenvalue weighted by Gasteiger charge is -2.34. The van der Waals surface area contributed by atoms with Crippen LogP contribution in [0.25, 0.3) is 5.69 Å². The van der Waals surface area contributed by atoms with Gasteiger partial charge in [-0.2, -0.15) is 5.10 Å². The molecule has 1 aliphatic heterocycles. The first-order chi connectivity index (χ1) is 13.3. The van der Waals surface area contributed by atoms with Gasteiger partial charge >= 0.3 is 0 Å². The summed E-state index contributed by atoms with van der Waals surface area (Å²) in [6.07, 6.45) is 4.17. The fourth-order valence-electron chi connectivity index (χ4n) is 3.53. The molecule has 0 bridgehead atoms. The van der Waals surface area contributed by atoms with Crippen LogP contribution >= 0.6 is 11.3 Å². The molecule has 2 aliphatic rings. The number of carbonyl (C=O) groups excluding carboxylic acids is 1. The van der Waals surface area contributed by atoms with E-state index in [9.17, 15) is 4.79 Å². The minimum absolute atomic E-state index is 0.0667. The topological polar surface area (TPSA) is 54.3 Å². The van der Waals surface area contributed by atoms with Crippen LogP contribution in [0.2, 0.25) is 0 Å². The van der Waals surface area contributed by atoms with Crippen LogP contribution in [0, 0.1) is 0 Å². The van der Waals surface area contributed by atoms with Gasteiger partial charge in [0.25, 0.3) is 5.91 Å². The van der Waals surface area contributed by atoms with Crippen LogP contribution in [0.15, 0.2) is 48.0 Å². The van der Waals surface area contributed by atoms with Gasteiger partial charge in [-0.1, -0.05) is 18.2 Å². The van der Waals surface area contributed by atoms with Gasteiger partial charge in [-0.3, -0.25) is 4.79 Å². The van der Waals surface area contributed by atoms with Crippen LogP contribution in [-0.4, -0.2) is 51.8 Å². The zero-order valence-corrected chi connectivity index (χ0v) is 15.8. The second kappa shape index (κ2) is 6.81. The Bertz CT molecular complexity index is 925. The SMILES string of the molecule is O=C(c1cc(C2CC2)nn1-c1ccccc1)N1CCN(c2nccs2)CC1. The van der Waals surface area contributed by atoms with Gasteiger partial charge in [-0.15, -0.1) is 11.3 Å². The summed E-state index contributed by atoms with van der Waals surface area (Å²) in [5.74, 6) is 0.584. The van der Waals surface area contributed by atoms with Crippen LogP contribution in [0.5, 0.6) is 0 Å². The number of aromatic nitrogens is 3. The third kappa shape index (κ3) is 3.23. The standard InChI is InChI=1S/C20H21N5OS/c26-19(23-9-11-24(12-10-23)20-21-8-13-27-20)18-14-17(15-6-7-15)22-25(18)16-4-2-1-3-5-16/h1-5,8,13-15H,6-7,9-12H2. The molecule has 2 fully saturated rings. The lowest BCUT2D eigenvalue weighted by molar-refractivity contribution is 0.0737. The molecule has 1 saturated heterocycles. The van der Waals surface area contributed by atoms with E-state index in [-0.39, 0.29) is 5.91 Å². The second-order valence-corrected chi connectivity index (χ2v) is 7.94. The van der Waals surface area contributed by atoms with Crippen molar-refractivity contribution >= 4 is 22.4 Å². The first-order valence-corrected chi connectivity index (χ1v) is 10.3. The molecule has 3 heterocycles. The average molecular weight is 379 g/mol. The van der Waals surface area contributed by atoms with Crippen molar-refractivity contribution in [3.05, 3.63) is 59.4 Å². The number of benzene rings is 1. The smallest absolute Gasteiger partial charge is 0.272 e. The Labute approximate surface area is 162 Å². The fraction of sp³-hybridized carbons (Fsp3) is 0.350. The van der Waals surface area contributed by atoms with E-state index in [0.29, 0.717) is 24.7 Å². The van der Waals surface area contributed by atoms with E-state index in [4.69, 9.17) is 5.10 Å². The van der Waals surface area contributed by atoms with E-state index in [1.165, 1.54) is 12.8 Å². The minimum Gasteiger partial charge on any atom is -0.345 e. The summed E-state index contributed by atoms with van der Waals surface area (Å²) in [6.45, 7) is 3.04. The number of rotatable bonds is 4. The maximum atomic E-state index is 13.3. The lowest BCUT2D eigenvalue weighted by Crippen LogP contribution is -2.49. The van der Waals surface area contributed by atoms with Gasteiger partial charge < -0.3 is 9.80 Å². The molecule has 1 saturated carbocycles. The molecule has 7 heteroatoms. The Hall–Kier alpha value is -2.67. The Balaban J connectivity index is 1.38. The molecule has 2 aromatic heterocycles. The summed E-state index contributed by atoms with van der Waals surface area (Å²) in [4.78, 5) is 21.8. The third-order valence-electron chi connectivity index (χ3n) is 5.20. The predicted molar refractivity (Wildman–Crippen MR) is 106 cm³/mol. The molecule has 5 rings (SSSR count). The molecule has 0 unspecified atom stereocenters. The number of piperazine rings is 1. The van der Waals surface area contributed by atoms with Gasteiger partial charge in [0.2, 0.25) is 0 Å². The van der Waals surface area contributed by atoms with Crippen molar-refractivity contribution in [3.63, 3.8) is 0 Å². The Morgan fingerprint density at radius 3 is 2.52 bits per heavy atom. The molecule has 138 valence electrons. The van der Waals surface area contributed by atoms with Crippen molar-refractivity contribution in [1.29, 1.82) is 0 Å². The number of hydrogen-bond acceptors (Lipinski definition) is 5. The van der Waals surface area contributed by atoms with Crippen LogP contribution in [0.1, 0.15) is 34.9 Å². The van der Waals surface area contributed by atoms with Gasteiger partial charge in [0.05, 0.1) is 11.4 Å². The molecule has 0 radical (unpaired) electrons. The summed E-state index contributed by atoms with van der Waals surface area (Å²) in [5.41, 5.74) is 2.66. The first kappa shape index (κ1) is 16.5. The van der Waals surface area contributed by atoms with Crippen molar-refractivity contribution in [2.24, 2.45) is 0 Å². The highest BCUT2D eigenvalue weighted by atomic mass is 32.1. The zero-order valence-electron chi connectivity index (χ0n) is 15.0. The molecule has 27 heavy (non-hydrogen) atoms. The Morgan fingerprint density at radius 2 is 1.85 bits per heavy atom. The summed E-state index contributed by atoms with van der Waals surface area (Å²) in [6, 6.07) is 11.9. The normalized spacial score (nSPS) is 17.3. The van der Waals surface area contributed by atoms with E-state index in [1.807, 2.05) is 57.6 Å². The minimum atomic E-state index is 0.0667. The molecule has 0 spiro atoms. The number of carbonyl (C=O) groups is 1. The van der Waals surface area contributed by atoms with Crippen LogP contribution < -0.4 is 4.90 Å². The summed E-state index contributed by atoms with van der Waals surface area (Å²) < 4.78 is 1.82. The largest absolute Gasteiger partial charge is 0.345 e. The van der Waals surface area contributed by atoms with Gasteiger partial charge in [0.1, 0.15) is 5.69 Å². The molecule has 6 nitrogen and oxygen atoms in total. The number of nitrogens with zero attached hydrogens (tertiary/aromatic N) is 5. The number of para-hydroxylation sites is 1. The van der Waals surface area contributed by atoms with Crippen molar-refractivity contribution < 1.29 is 4.79 Å². The number of hydrogen-bond donors (Lipinski definition) is 0. The zero-order chi connectivity index (χ0) is 18.2. The van der Waals surface area contributed by atoms with E-state index in [1.54, 1.807) is 11.3 Å². The quantitative estimate of drug-likeness (QED) is 0.699. The summed E-state index contributed by atoms with van der Waals surface area (Å²) in [5, 5.41) is 7.79. The molecular weight excluding hydrogens is 358 g/mol. The van der Waals surface area contributed by atoms with Gasteiger partial charge in [0, 0.05) is 43.7 Å². The first-order valence-electron chi connectivity index (χ1n) is 9.39. The van der Waals surface area contributed by atoms with Crippen molar-refractivity contribution in [2.75, 3.05) is 31.1 Å². The van der Waals surface area contributed by atoms with Gasteiger partial charge in [-0.05, 0) is 31.0 Å². The maximum Gasteiger partial charge on any atom is 0.272 e. The fourth-order valence-corrected chi connectivity index (χ4v) is 4.23. The van der Waals surface area contributed by atoms with E-state index in [0.717, 1.165) is 29.6 Å². The van der Waals surface area contributed by atoms with Crippen molar-refractivity contribution in [3.8, 4) is 5.69 Å². The molecule has 0 N–H and O–H groups in total. The van der Waals surface area contributed by atoms with Gasteiger partial charge in [0.15, 0.2) is 5.13 Å². The van der Waals surface area contributed by atoms with E-state index < -0.39 is 0 Å². The highest BCUT2D eigenvalue weighted by Crippen LogP contribution is 2.40.